The lowest BCUT2D eigenvalue weighted by atomic mass is 10.0. The number of nitrogens with two attached hydrogens (primary N) is 1. The van der Waals surface area contributed by atoms with Crippen molar-refractivity contribution >= 4 is 10.0 Å². The molecule has 0 aromatic heterocycles. The molecule has 1 aliphatic carbocycles. The molecule has 1 saturated heterocycles. The van der Waals surface area contributed by atoms with Crippen molar-refractivity contribution in [2.45, 2.75) is 30.4 Å². The van der Waals surface area contributed by atoms with Crippen molar-refractivity contribution in [2.75, 3.05) is 13.1 Å². The van der Waals surface area contributed by atoms with Crippen LogP contribution in [0.3, 0.4) is 0 Å². The van der Waals surface area contributed by atoms with E-state index in [0.29, 0.717) is 24.9 Å². The van der Waals surface area contributed by atoms with Crippen molar-refractivity contribution in [3.63, 3.8) is 0 Å². The fourth-order valence-corrected chi connectivity index (χ4v) is 5.00. The van der Waals surface area contributed by atoms with E-state index in [2.05, 4.69) is 4.74 Å². The Morgan fingerprint density at radius 2 is 1.68 bits per heavy atom. The standard InChI is InChI=1S/C14H18F2N2O3S/c15-14(16)21-12-1-3-13(4-2-12)22(19,20)18-7-9-5-11(17)6-10(9)8-18/h1-4,9-11,14H,5-8,17H2. The van der Waals surface area contributed by atoms with Crippen molar-refractivity contribution in [1.29, 1.82) is 0 Å². The second kappa shape index (κ2) is 5.75. The minimum Gasteiger partial charge on any atom is -0.435 e. The van der Waals surface area contributed by atoms with Crippen molar-refractivity contribution in [3.8, 4) is 5.75 Å². The van der Waals surface area contributed by atoms with Gasteiger partial charge >= 0.3 is 6.61 Å². The smallest absolute Gasteiger partial charge is 0.387 e. The Labute approximate surface area is 128 Å². The molecule has 1 aromatic carbocycles. The fraction of sp³-hybridized carbons (Fsp3) is 0.571. The van der Waals surface area contributed by atoms with E-state index in [1.54, 1.807) is 0 Å². The summed E-state index contributed by atoms with van der Waals surface area (Å²) in [6.07, 6.45) is 1.72. The topological polar surface area (TPSA) is 72.6 Å². The second-order valence-corrected chi connectivity index (χ2v) is 7.86. The number of nitrogens with zero attached hydrogens (tertiary/aromatic N) is 1. The van der Waals surface area contributed by atoms with Crippen LogP contribution < -0.4 is 10.5 Å². The number of halogens is 2. The zero-order chi connectivity index (χ0) is 15.9. The highest BCUT2D eigenvalue weighted by atomic mass is 32.2. The first-order valence-electron chi connectivity index (χ1n) is 7.17. The number of rotatable bonds is 4. The highest BCUT2D eigenvalue weighted by molar-refractivity contribution is 7.89. The van der Waals surface area contributed by atoms with Crippen LogP contribution in [0.5, 0.6) is 5.75 Å². The van der Waals surface area contributed by atoms with E-state index in [4.69, 9.17) is 5.73 Å². The van der Waals surface area contributed by atoms with Crippen LogP contribution in [0.15, 0.2) is 29.2 Å². The lowest BCUT2D eigenvalue weighted by Gasteiger charge is -2.18. The van der Waals surface area contributed by atoms with Gasteiger partial charge in [0.25, 0.3) is 0 Å². The molecular weight excluding hydrogens is 314 g/mol. The van der Waals surface area contributed by atoms with Crippen molar-refractivity contribution in [3.05, 3.63) is 24.3 Å². The Hall–Kier alpha value is -1.25. The molecule has 0 amide bonds. The Morgan fingerprint density at radius 1 is 1.14 bits per heavy atom. The summed E-state index contributed by atoms with van der Waals surface area (Å²) >= 11 is 0. The first-order chi connectivity index (χ1) is 10.4. The van der Waals surface area contributed by atoms with Crippen LogP contribution in [0, 0.1) is 11.8 Å². The summed E-state index contributed by atoms with van der Waals surface area (Å²) in [7, 11) is -3.59. The van der Waals surface area contributed by atoms with E-state index in [9.17, 15) is 17.2 Å². The van der Waals surface area contributed by atoms with Gasteiger partial charge in [0.05, 0.1) is 4.90 Å². The lowest BCUT2D eigenvalue weighted by Crippen LogP contribution is -2.31. The molecule has 2 aliphatic rings. The fourth-order valence-electron chi connectivity index (χ4n) is 3.44. The molecule has 0 spiro atoms. The first-order valence-corrected chi connectivity index (χ1v) is 8.61. The van der Waals surface area contributed by atoms with Crippen molar-refractivity contribution in [1.82, 2.24) is 4.31 Å². The number of hydrogen-bond acceptors (Lipinski definition) is 4. The molecule has 2 unspecified atom stereocenters. The normalized spacial score (nSPS) is 29.0. The van der Waals surface area contributed by atoms with E-state index in [1.165, 1.54) is 28.6 Å². The molecule has 2 atom stereocenters. The van der Waals surface area contributed by atoms with Crippen LogP contribution in [0.2, 0.25) is 0 Å². The van der Waals surface area contributed by atoms with Gasteiger partial charge in [-0.25, -0.2) is 8.42 Å². The quantitative estimate of drug-likeness (QED) is 0.910. The van der Waals surface area contributed by atoms with Crippen LogP contribution >= 0.6 is 0 Å². The van der Waals surface area contributed by atoms with Gasteiger partial charge in [-0.1, -0.05) is 0 Å². The van der Waals surface area contributed by atoms with E-state index in [-0.39, 0.29) is 16.7 Å². The van der Waals surface area contributed by atoms with Crippen LogP contribution in [0.4, 0.5) is 8.78 Å². The van der Waals surface area contributed by atoms with E-state index >= 15 is 0 Å². The van der Waals surface area contributed by atoms with Gasteiger partial charge in [0.2, 0.25) is 10.0 Å². The number of hydrogen-bond donors (Lipinski definition) is 1. The van der Waals surface area contributed by atoms with Gasteiger partial charge in [-0.15, -0.1) is 0 Å². The molecule has 1 heterocycles. The second-order valence-electron chi connectivity index (χ2n) is 5.92. The number of alkyl halides is 2. The number of ether oxygens (including phenoxy) is 1. The highest BCUT2D eigenvalue weighted by Gasteiger charge is 2.43. The molecular formula is C14H18F2N2O3S. The molecule has 8 heteroatoms. The Kier molecular flexibility index (Phi) is 4.09. The Bertz CT molecular complexity index is 622. The first kappa shape index (κ1) is 15.6. The maximum absolute atomic E-state index is 12.6. The highest BCUT2D eigenvalue weighted by Crippen LogP contribution is 2.39. The molecule has 122 valence electrons. The Morgan fingerprint density at radius 3 is 2.18 bits per heavy atom. The number of sulfonamides is 1. The molecule has 1 saturated carbocycles. The summed E-state index contributed by atoms with van der Waals surface area (Å²) in [4.78, 5) is 0.0957. The molecule has 3 rings (SSSR count). The predicted molar refractivity (Wildman–Crippen MR) is 76.0 cm³/mol. The van der Waals surface area contributed by atoms with Gasteiger partial charge in [0, 0.05) is 19.1 Å². The third-order valence-corrected chi connectivity index (χ3v) is 6.29. The minimum absolute atomic E-state index is 0.0572. The molecule has 2 fully saturated rings. The zero-order valence-corrected chi connectivity index (χ0v) is 12.7. The third-order valence-electron chi connectivity index (χ3n) is 4.44. The van der Waals surface area contributed by atoms with Gasteiger partial charge in [-0.2, -0.15) is 13.1 Å². The molecule has 2 N–H and O–H groups in total. The monoisotopic (exact) mass is 332 g/mol. The number of benzene rings is 1. The summed E-state index contributed by atoms with van der Waals surface area (Å²) < 4.78 is 55.1. The molecule has 22 heavy (non-hydrogen) atoms. The minimum atomic E-state index is -3.59. The van der Waals surface area contributed by atoms with E-state index in [0.717, 1.165) is 12.8 Å². The largest absolute Gasteiger partial charge is 0.435 e. The van der Waals surface area contributed by atoms with Gasteiger partial charge in [-0.3, -0.25) is 0 Å². The summed E-state index contributed by atoms with van der Waals surface area (Å²) in [5.74, 6) is 0.593. The maximum atomic E-state index is 12.6. The average Bonchev–Trinajstić information content (AvgIpc) is 2.96. The van der Waals surface area contributed by atoms with Crippen molar-refractivity contribution < 1.29 is 21.9 Å². The zero-order valence-electron chi connectivity index (χ0n) is 11.9. The summed E-state index contributed by atoms with van der Waals surface area (Å²) in [6, 6.07) is 5.25. The van der Waals surface area contributed by atoms with Gasteiger partial charge < -0.3 is 10.5 Å². The summed E-state index contributed by atoms with van der Waals surface area (Å²) in [5, 5.41) is 0. The lowest BCUT2D eigenvalue weighted by molar-refractivity contribution is -0.0498. The van der Waals surface area contributed by atoms with Crippen LogP contribution in [-0.4, -0.2) is 38.5 Å². The molecule has 5 nitrogen and oxygen atoms in total. The SMILES string of the molecule is NC1CC2CN(S(=O)(=O)c3ccc(OC(F)F)cc3)CC2C1. The molecule has 0 radical (unpaired) electrons. The van der Waals surface area contributed by atoms with Crippen LogP contribution in [-0.2, 0) is 10.0 Å². The van der Waals surface area contributed by atoms with Gasteiger partial charge in [0.15, 0.2) is 0 Å². The summed E-state index contributed by atoms with van der Waals surface area (Å²) in [6.45, 7) is -1.96. The van der Waals surface area contributed by atoms with Crippen LogP contribution in [0.1, 0.15) is 12.8 Å². The van der Waals surface area contributed by atoms with Gasteiger partial charge in [-0.05, 0) is 48.9 Å². The number of fused-ring (bicyclic) bond motifs is 1. The van der Waals surface area contributed by atoms with Crippen LogP contribution in [0.25, 0.3) is 0 Å². The van der Waals surface area contributed by atoms with Gasteiger partial charge in [0.1, 0.15) is 5.75 Å². The summed E-state index contributed by atoms with van der Waals surface area (Å²) in [5.41, 5.74) is 5.90. The predicted octanol–water partition coefficient (Wildman–Crippen LogP) is 1.65. The maximum Gasteiger partial charge on any atom is 0.387 e. The molecule has 1 aliphatic heterocycles. The van der Waals surface area contributed by atoms with E-state index < -0.39 is 16.6 Å². The van der Waals surface area contributed by atoms with E-state index in [1.807, 2.05) is 0 Å². The Balaban J connectivity index is 1.74. The van der Waals surface area contributed by atoms with Crippen molar-refractivity contribution in [2.24, 2.45) is 17.6 Å². The average molecular weight is 332 g/mol. The molecule has 0 bridgehead atoms. The third kappa shape index (κ3) is 2.95. The molecule has 1 aromatic rings.